The molecule has 0 aliphatic carbocycles. The lowest BCUT2D eigenvalue weighted by molar-refractivity contribution is 0.0530. The first kappa shape index (κ1) is 12.8. The maximum atomic E-state index is 9.14. The van der Waals surface area contributed by atoms with E-state index in [0.29, 0.717) is 19.6 Å². The second-order valence-corrected chi connectivity index (χ2v) is 3.77. The van der Waals surface area contributed by atoms with Crippen LogP contribution in [0.5, 0.6) is 0 Å². The Hall–Kier alpha value is -0.160. The van der Waals surface area contributed by atoms with Crippen LogP contribution in [0.4, 0.5) is 0 Å². The Kier molecular flexibility index (Phi) is 6.24. The molecule has 0 aromatic heterocycles. The molecule has 0 saturated carbocycles. The molecule has 80 valence electrons. The molecule has 0 unspecified atom stereocenters. The maximum absolute atomic E-state index is 9.14. The fraction of sp³-hybridized carbons (Fsp3) is 1.00. The maximum Gasteiger partial charge on any atom is 0.0639 e. The van der Waals surface area contributed by atoms with Crippen LogP contribution >= 0.6 is 0 Å². The predicted molar refractivity (Wildman–Crippen MR) is 51.5 cm³/mol. The predicted octanol–water partition coefficient (Wildman–Crippen LogP) is -0.569. The minimum absolute atomic E-state index is 0.433. The summed E-state index contributed by atoms with van der Waals surface area (Å²) < 4.78 is 0. The number of aliphatic hydroxyl groups excluding tert-OH is 3. The van der Waals surface area contributed by atoms with Crippen molar-refractivity contribution in [3.05, 3.63) is 0 Å². The molecule has 0 saturated heterocycles. The van der Waals surface area contributed by atoms with Crippen LogP contribution in [0.25, 0.3) is 0 Å². The normalized spacial score (nSPS) is 18.7. The van der Waals surface area contributed by atoms with Gasteiger partial charge >= 0.3 is 0 Å². The number of rotatable bonds is 6. The second-order valence-electron chi connectivity index (χ2n) is 3.77. The minimum Gasteiger partial charge on any atom is -0.392 e. The van der Waals surface area contributed by atoms with Crippen LogP contribution < -0.4 is 0 Å². The third kappa shape index (κ3) is 8.18. The number of aliphatic hydroxyl groups is 3. The fourth-order valence-corrected chi connectivity index (χ4v) is 1.34. The lowest BCUT2D eigenvalue weighted by atomic mass is 10.2. The van der Waals surface area contributed by atoms with E-state index in [1.54, 1.807) is 20.8 Å². The third-order valence-corrected chi connectivity index (χ3v) is 1.57. The fourth-order valence-electron chi connectivity index (χ4n) is 1.34. The lowest BCUT2D eigenvalue weighted by Crippen LogP contribution is -2.40. The summed E-state index contributed by atoms with van der Waals surface area (Å²) in [6.45, 7) is 6.52. The first-order valence-corrected chi connectivity index (χ1v) is 4.68. The van der Waals surface area contributed by atoms with Gasteiger partial charge in [0.15, 0.2) is 0 Å². The first-order chi connectivity index (χ1) is 5.91. The highest BCUT2D eigenvalue weighted by Crippen LogP contribution is 1.97. The van der Waals surface area contributed by atoms with Gasteiger partial charge in [0.1, 0.15) is 0 Å². The van der Waals surface area contributed by atoms with Gasteiger partial charge in [-0.3, -0.25) is 4.90 Å². The average molecular weight is 191 g/mol. The van der Waals surface area contributed by atoms with Crippen LogP contribution in [-0.2, 0) is 0 Å². The number of hydrogen-bond donors (Lipinski definition) is 3. The summed E-state index contributed by atoms with van der Waals surface area (Å²) in [5.41, 5.74) is 0. The molecule has 0 rings (SSSR count). The van der Waals surface area contributed by atoms with E-state index in [1.165, 1.54) is 0 Å². The summed E-state index contributed by atoms with van der Waals surface area (Å²) in [6.07, 6.45) is -1.30. The van der Waals surface area contributed by atoms with Gasteiger partial charge in [-0.05, 0) is 20.8 Å². The van der Waals surface area contributed by atoms with Crippen LogP contribution in [0.3, 0.4) is 0 Å². The van der Waals surface area contributed by atoms with Crippen molar-refractivity contribution in [1.29, 1.82) is 0 Å². The van der Waals surface area contributed by atoms with Crippen molar-refractivity contribution in [3.63, 3.8) is 0 Å². The van der Waals surface area contributed by atoms with Crippen molar-refractivity contribution in [3.8, 4) is 0 Å². The zero-order chi connectivity index (χ0) is 10.4. The summed E-state index contributed by atoms with van der Waals surface area (Å²) in [4.78, 5) is 1.85. The Morgan fingerprint density at radius 1 is 0.769 bits per heavy atom. The van der Waals surface area contributed by atoms with E-state index in [-0.39, 0.29) is 0 Å². The number of hydrogen-bond acceptors (Lipinski definition) is 4. The van der Waals surface area contributed by atoms with Crippen molar-refractivity contribution in [2.75, 3.05) is 19.6 Å². The molecular weight excluding hydrogens is 170 g/mol. The van der Waals surface area contributed by atoms with Gasteiger partial charge in [0.25, 0.3) is 0 Å². The van der Waals surface area contributed by atoms with E-state index in [1.807, 2.05) is 4.90 Å². The van der Waals surface area contributed by atoms with E-state index >= 15 is 0 Å². The van der Waals surface area contributed by atoms with E-state index in [0.717, 1.165) is 0 Å². The van der Waals surface area contributed by atoms with Crippen molar-refractivity contribution >= 4 is 0 Å². The molecular formula is C9H21NO3. The van der Waals surface area contributed by atoms with Crippen LogP contribution in [0.2, 0.25) is 0 Å². The van der Waals surface area contributed by atoms with Crippen LogP contribution in [0.15, 0.2) is 0 Å². The largest absolute Gasteiger partial charge is 0.392 e. The Balaban J connectivity index is 3.87. The van der Waals surface area contributed by atoms with Gasteiger partial charge in [-0.1, -0.05) is 0 Å². The molecule has 0 radical (unpaired) electrons. The monoisotopic (exact) mass is 191 g/mol. The molecule has 3 N–H and O–H groups in total. The Morgan fingerprint density at radius 3 is 1.15 bits per heavy atom. The van der Waals surface area contributed by atoms with E-state index in [9.17, 15) is 0 Å². The molecule has 13 heavy (non-hydrogen) atoms. The molecule has 0 aromatic rings. The van der Waals surface area contributed by atoms with Crippen LogP contribution in [0, 0.1) is 0 Å². The zero-order valence-electron chi connectivity index (χ0n) is 8.64. The van der Waals surface area contributed by atoms with Gasteiger partial charge in [0, 0.05) is 19.6 Å². The minimum atomic E-state index is -0.433. The third-order valence-electron chi connectivity index (χ3n) is 1.57. The Bertz CT molecular complexity index is 102. The molecule has 3 atom stereocenters. The highest BCUT2D eigenvalue weighted by atomic mass is 16.3. The molecule has 4 heteroatoms. The summed E-state index contributed by atoms with van der Waals surface area (Å²) >= 11 is 0. The van der Waals surface area contributed by atoms with Crippen molar-refractivity contribution < 1.29 is 15.3 Å². The van der Waals surface area contributed by atoms with Crippen molar-refractivity contribution in [2.45, 2.75) is 39.1 Å². The zero-order valence-corrected chi connectivity index (χ0v) is 8.64. The van der Waals surface area contributed by atoms with Crippen molar-refractivity contribution in [2.24, 2.45) is 0 Å². The summed E-state index contributed by atoms with van der Waals surface area (Å²) in [5, 5.41) is 27.4. The SMILES string of the molecule is C[C@H](O)CN(C[C@@H](C)O)C[C@@H](C)O. The van der Waals surface area contributed by atoms with Crippen molar-refractivity contribution in [1.82, 2.24) is 4.90 Å². The van der Waals surface area contributed by atoms with Gasteiger partial charge in [0.05, 0.1) is 18.3 Å². The van der Waals surface area contributed by atoms with Gasteiger partial charge in [-0.2, -0.15) is 0 Å². The Morgan fingerprint density at radius 2 is 1.00 bits per heavy atom. The number of nitrogens with zero attached hydrogens (tertiary/aromatic N) is 1. The molecule has 0 aliphatic heterocycles. The second kappa shape index (κ2) is 6.32. The van der Waals surface area contributed by atoms with Gasteiger partial charge < -0.3 is 15.3 Å². The molecule has 0 fully saturated rings. The summed E-state index contributed by atoms with van der Waals surface area (Å²) in [6, 6.07) is 0. The summed E-state index contributed by atoms with van der Waals surface area (Å²) in [5.74, 6) is 0. The smallest absolute Gasteiger partial charge is 0.0639 e. The van der Waals surface area contributed by atoms with E-state index in [2.05, 4.69) is 0 Å². The van der Waals surface area contributed by atoms with E-state index < -0.39 is 18.3 Å². The quantitative estimate of drug-likeness (QED) is 0.526. The molecule has 0 amide bonds. The first-order valence-electron chi connectivity index (χ1n) is 4.68. The topological polar surface area (TPSA) is 63.9 Å². The molecule has 0 bridgehead atoms. The highest BCUT2D eigenvalue weighted by molar-refractivity contribution is 4.66. The van der Waals surface area contributed by atoms with E-state index in [4.69, 9.17) is 15.3 Å². The van der Waals surface area contributed by atoms with Gasteiger partial charge in [-0.15, -0.1) is 0 Å². The molecule has 0 spiro atoms. The highest BCUT2D eigenvalue weighted by Gasteiger charge is 2.12. The summed E-state index contributed by atoms with van der Waals surface area (Å²) in [7, 11) is 0. The molecule has 0 heterocycles. The Labute approximate surface area is 79.8 Å². The van der Waals surface area contributed by atoms with Crippen LogP contribution in [-0.4, -0.2) is 58.2 Å². The molecule has 4 nitrogen and oxygen atoms in total. The van der Waals surface area contributed by atoms with Gasteiger partial charge in [-0.25, -0.2) is 0 Å². The molecule has 0 aliphatic rings. The van der Waals surface area contributed by atoms with Gasteiger partial charge in [0.2, 0.25) is 0 Å². The van der Waals surface area contributed by atoms with Crippen LogP contribution in [0.1, 0.15) is 20.8 Å². The standard InChI is InChI=1S/C9H21NO3/c1-7(11)4-10(5-8(2)12)6-9(3)13/h7-9,11-13H,4-6H2,1-3H3/t7-,8-,9+/m1/s1. The molecule has 0 aromatic carbocycles. The lowest BCUT2D eigenvalue weighted by Gasteiger charge is -2.25. The average Bonchev–Trinajstić information content (AvgIpc) is 1.80.